The molecule has 1 amide bonds. The molecule has 1 aliphatic heterocycles. The average molecular weight is 273 g/mol. The molecule has 1 aromatic heterocycles. The van der Waals surface area contributed by atoms with Crippen LogP contribution in [0.4, 0.5) is 10.8 Å². The highest BCUT2D eigenvalue weighted by atomic mass is 32.1. The minimum Gasteiger partial charge on any atom is -0.375 e. The third-order valence-corrected chi connectivity index (χ3v) is 4.19. The van der Waals surface area contributed by atoms with Crippen LogP contribution in [-0.2, 0) is 11.2 Å². The van der Waals surface area contributed by atoms with Gasteiger partial charge in [-0.25, -0.2) is 4.98 Å². The molecule has 4 nitrogen and oxygen atoms in total. The van der Waals surface area contributed by atoms with E-state index in [4.69, 9.17) is 5.73 Å². The summed E-state index contributed by atoms with van der Waals surface area (Å²) in [6.45, 7) is 4.04. The summed E-state index contributed by atoms with van der Waals surface area (Å²) in [5, 5.41) is 3.54. The van der Waals surface area contributed by atoms with E-state index in [0.29, 0.717) is 11.6 Å². The van der Waals surface area contributed by atoms with Crippen LogP contribution < -0.4 is 11.1 Å². The molecule has 0 spiro atoms. The number of aryl methyl sites for hydroxylation is 3. The normalized spacial score (nSPS) is 14.1. The van der Waals surface area contributed by atoms with Gasteiger partial charge in [0.25, 0.3) is 0 Å². The maximum absolute atomic E-state index is 11.5. The average Bonchev–Trinajstić information content (AvgIpc) is 2.69. The molecule has 2 aromatic rings. The summed E-state index contributed by atoms with van der Waals surface area (Å²) in [5.41, 5.74) is 11.0. The van der Waals surface area contributed by atoms with Gasteiger partial charge in [-0.1, -0.05) is 0 Å². The van der Waals surface area contributed by atoms with Crippen LogP contribution in [0.5, 0.6) is 0 Å². The minimum absolute atomic E-state index is 0.0948. The first-order chi connectivity index (χ1) is 9.04. The van der Waals surface area contributed by atoms with Crippen molar-refractivity contribution in [3.05, 3.63) is 28.1 Å². The van der Waals surface area contributed by atoms with Crippen LogP contribution in [0.2, 0.25) is 0 Å². The molecule has 98 valence electrons. The first-order valence-electron chi connectivity index (χ1n) is 6.21. The first kappa shape index (κ1) is 12.2. The van der Waals surface area contributed by atoms with Gasteiger partial charge in [-0.2, -0.15) is 0 Å². The number of anilines is 2. The highest BCUT2D eigenvalue weighted by Gasteiger charge is 2.19. The smallest absolute Gasteiger partial charge is 0.224 e. The quantitative estimate of drug-likeness (QED) is 0.839. The van der Waals surface area contributed by atoms with Crippen molar-refractivity contribution in [2.75, 3.05) is 11.1 Å². The van der Waals surface area contributed by atoms with Crippen molar-refractivity contribution in [3.63, 3.8) is 0 Å². The van der Waals surface area contributed by atoms with Crippen molar-refractivity contribution in [1.29, 1.82) is 0 Å². The number of nitrogen functional groups attached to an aromatic ring is 1. The Labute approximate surface area is 115 Å². The molecule has 2 heterocycles. The lowest BCUT2D eigenvalue weighted by Gasteiger charge is -2.20. The predicted molar refractivity (Wildman–Crippen MR) is 78.4 cm³/mol. The molecule has 0 fully saturated rings. The third kappa shape index (κ3) is 2.10. The number of nitrogens with one attached hydrogen (secondary N) is 1. The number of benzene rings is 1. The van der Waals surface area contributed by atoms with E-state index in [1.165, 1.54) is 16.9 Å². The lowest BCUT2D eigenvalue weighted by Crippen LogP contribution is -2.19. The fourth-order valence-corrected chi connectivity index (χ4v) is 3.22. The second-order valence-corrected chi connectivity index (χ2v) is 6.07. The van der Waals surface area contributed by atoms with E-state index in [9.17, 15) is 4.79 Å². The lowest BCUT2D eigenvalue weighted by atomic mass is 9.95. The van der Waals surface area contributed by atoms with Gasteiger partial charge in [0.05, 0.1) is 5.69 Å². The molecule has 3 rings (SSSR count). The largest absolute Gasteiger partial charge is 0.375 e. The number of fused-ring (bicyclic) bond motifs is 1. The Morgan fingerprint density at radius 2 is 2.11 bits per heavy atom. The van der Waals surface area contributed by atoms with Gasteiger partial charge in [-0.3, -0.25) is 4.79 Å². The van der Waals surface area contributed by atoms with E-state index in [0.717, 1.165) is 33.8 Å². The number of nitrogens with two attached hydrogens (primary N) is 1. The minimum atomic E-state index is 0.0948. The van der Waals surface area contributed by atoms with Gasteiger partial charge in [0.2, 0.25) is 5.91 Å². The van der Waals surface area contributed by atoms with Crippen LogP contribution in [-0.4, -0.2) is 10.9 Å². The Kier molecular flexibility index (Phi) is 2.78. The maximum atomic E-state index is 11.5. The van der Waals surface area contributed by atoms with E-state index in [1.807, 2.05) is 13.8 Å². The Bertz CT molecular complexity index is 676. The molecule has 0 saturated carbocycles. The Morgan fingerprint density at radius 3 is 2.79 bits per heavy atom. The number of hydrogen-bond acceptors (Lipinski definition) is 4. The van der Waals surface area contributed by atoms with Crippen LogP contribution in [0.15, 0.2) is 12.1 Å². The number of hydrogen-bond donors (Lipinski definition) is 2. The van der Waals surface area contributed by atoms with Gasteiger partial charge in [-0.05, 0) is 43.5 Å². The van der Waals surface area contributed by atoms with Gasteiger partial charge in [-0.15, -0.1) is 11.3 Å². The van der Waals surface area contributed by atoms with Crippen molar-refractivity contribution in [2.24, 2.45) is 0 Å². The maximum Gasteiger partial charge on any atom is 0.224 e. The zero-order chi connectivity index (χ0) is 13.6. The second-order valence-electron chi connectivity index (χ2n) is 4.83. The SMILES string of the molecule is Cc1cc(-c2nc(N)sc2C)cc2c1NC(=O)CC2. The van der Waals surface area contributed by atoms with Crippen molar-refractivity contribution < 1.29 is 4.79 Å². The summed E-state index contributed by atoms with van der Waals surface area (Å²) in [7, 11) is 0. The van der Waals surface area contributed by atoms with Gasteiger partial charge in [0.15, 0.2) is 5.13 Å². The van der Waals surface area contributed by atoms with Gasteiger partial charge in [0.1, 0.15) is 0 Å². The zero-order valence-electron chi connectivity index (χ0n) is 10.9. The van der Waals surface area contributed by atoms with Crippen LogP contribution >= 0.6 is 11.3 Å². The monoisotopic (exact) mass is 273 g/mol. The molecule has 3 N–H and O–H groups in total. The van der Waals surface area contributed by atoms with E-state index >= 15 is 0 Å². The Hall–Kier alpha value is -1.88. The summed E-state index contributed by atoms with van der Waals surface area (Å²) < 4.78 is 0. The number of nitrogens with zero attached hydrogens (tertiary/aromatic N) is 1. The fraction of sp³-hybridized carbons (Fsp3) is 0.286. The molecule has 0 atom stereocenters. The van der Waals surface area contributed by atoms with Gasteiger partial charge >= 0.3 is 0 Å². The summed E-state index contributed by atoms with van der Waals surface area (Å²) in [5.74, 6) is 0.0948. The molecule has 0 aliphatic carbocycles. The number of thiazole rings is 1. The predicted octanol–water partition coefficient (Wildman–Crippen LogP) is 2.89. The number of aromatic nitrogens is 1. The fourth-order valence-electron chi connectivity index (χ4n) is 2.51. The van der Waals surface area contributed by atoms with Crippen LogP contribution in [0.25, 0.3) is 11.3 Å². The van der Waals surface area contributed by atoms with Crippen LogP contribution in [0.1, 0.15) is 22.4 Å². The number of rotatable bonds is 1. The highest BCUT2D eigenvalue weighted by Crippen LogP contribution is 2.34. The highest BCUT2D eigenvalue weighted by molar-refractivity contribution is 7.15. The van der Waals surface area contributed by atoms with Crippen molar-refractivity contribution >= 4 is 28.1 Å². The molecule has 0 unspecified atom stereocenters. The molecule has 5 heteroatoms. The summed E-state index contributed by atoms with van der Waals surface area (Å²) >= 11 is 1.50. The van der Waals surface area contributed by atoms with Crippen molar-refractivity contribution in [2.45, 2.75) is 26.7 Å². The van der Waals surface area contributed by atoms with E-state index in [1.54, 1.807) is 0 Å². The number of carbonyl (C=O) groups excluding carboxylic acids is 1. The molecular formula is C14H15N3OS. The zero-order valence-corrected chi connectivity index (χ0v) is 11.7. The van der Waals surface area contributed by atoms with Gasteiger partial charge < -0.3 is 11.1 Å². The lowest BCUT2D eigenvalue weighted by molar-refractivity contribution is -0.116. The molecular weight excluding hydrogens is 258 g/mol. The molecule has 0 bridgehead atoms. The van der Waals surface area contributed by atoms with Crippen molar-refractivity contribution in [3.8, 4) is 11.3 Å². The second kappa shape index (κ2) is 4.35. The van der Waals surface area contributed by atoms with Crippen LogP contribution in [0.3, 0.4) is 0 Å². The standard InChI is InChI=1S/C14H15N3OS/c1-7-5-10(13-8(2)19-14(15)17-13)6-9-3-4-11(18)16-12(7)9/h5-6H,3-4H2,1-2H3,(H2,15,17)(H,16,18). The summed E-state index contributed by atoms with van der Waals surface area (Å²) in [6.07, 6.45) is 1.34. The Morgan fingerprint density at radius 1 is 1.32 bits per heavy atom. The summed E-state index contributed by atoms with van der Waals surface area (Å²) in [6, 6.07) is 4.18. The molecule has 0 radical (unpaired) electrons. The van der Waals surface area contributed by atoms with Gasteiger partial charge in [0, 0.05) is 22.5 Å². The third-order valence-electron chi connectivity index (χ3n) is 3.39. The number of amides is 1. The molecule has 1 aromatic carbocycles. The molecule has 19 heavy (non-hydrogen) atoms. The number of carbonyl (C=O) groups is 1. The molecule has 1 aliphatic rings. The summed E-state index contributed by atoms with van der Waals surface area (Å²) in [4.78, 5) is 17.0. The first-order valence-corrected chi connectivity index (χ1v) is 7.03. The molecule has 0 saturated heterocycles. The van der Waals surface area contributed by atoms with Crippen molar-refractivity contribution in [1.82, 2.24) is 4.98 Å². The van der Waals surface area contributed by atoms with Crippen LogP contribution in [0, 0.1) is 13.8 Å². The topological polar surface area (TPSA) is 68.0 Å². The van der Waals surface area contributed by atoms with E-state index in [-0.39, 0.29) is 5.91 Å². The van der Waals surface area contributed by atoms with E-state index < -0.39 is 0 Å². The Balaban J connectivity index is 2.12. The van der Waals surface area contributed by atoms with E-state index in [2.05, 4.69) is 22.4 Å².